The fraction of sp³-hybridized carbons (Fsp3) is 1.00. The lowest BCUT2D eigenvalue weighted by Crippen LogP contribution is -2.43. The van der Waals surface area contributed by atoms with Crippen LogP contribution in [0.15, 0.2) is 0 Å². The maximum absolute atomic E-state index is 3.46. The van der Waals surface area contributed by atoms with Gasteiger partial charge < -0.3 is 10.2 Å². The number of rotatable bonds is 1. The number of likely N-dealkylation sites (tertiary alicyclic amines) is 1. The second-order valence-corrected chi connectivity index (χ2v) is 6.03. The lowest BCUT2D eigenvalue weighted by molar-refractivity contribution is 0.162. The van der Waals surface area contributed by atoms with Crippen LogP contribution >= 0.6 is 0 Å². The zero-order valence-corrected chi connectivity index (χ0v) is 10.4. The predicted molar refractivity (Wildman–Crippen MR) is 65.1 cm³/mol. The van der Waals surface area contributed by atoms with Crippen LogP contribution in [-0.4, -0.2) is 37.1 Å². The van der Waals surface area contributed by atoms with E-state index < -0.39 is 0 Å². The molecular weight excluding hydrogens is 184 g/mol. The lowest BCUT2D eigenvalue weighted by Gasteiger charge is -2.34. The molecule has 0 aromatic heterocycles. The minimum Gasteiger partial charge on any atom is -0.317 e. The Morgan fingerprint density at radius 3 is 2.53 bits per heavy atom. The summed E-state index contributed by atoms with van der Waals surface area (Å²) in [5, 5.41) is 3.46. The van der Waals surface area contributed by atoms with E-state index in [0.29, 0.717) is 5.41 Å². The van der Waals surface area contributed by atoms with Gasteiger partial charge in [0.1, 0.15) is 0 Å². The summed E-state index contributed by atoms with van der Waals surface area (Å²) in [4.78, 5) is 2.76. The van der Waals surface area contributed by atoms with Crippen molar-refractivity contribution in [3.63, 3.8) is 0 Å². The molecule has 2 nitrogen and oxygen atoms in total. The highest BCUT2D eigenvalue weighted by atomic mass is 15.2. The first-order valence-corrected chi connectivity index (χ1v) is 6.62. The largest absolute Gasteiger partial charge is 0.317 e. The van der Waals surface area contributed by atoms with E-state index in [1.807, 2.05) is 0 Å². The molecular formula is C13H26N2. The maximum Gasteiger partial charge on any atom is 0.0119 e. The molecule has 1 N–H and O–H groups in total. The van der Waals surface area contributed by atoms with Crippen LogP contribution in [0.25, 0.3) is 0 Å². The van der Waals surface area contributed by atoms with Crippen molar-refractivity contribution in [3.8, 4) is 0 Å². The standard InChI is InChI=1S/C13H26N2/c1-13(2)6-3-10-15(11-7-13)12-4-8-14-9-5-12/h12,14H,3-11H2,1-2H3. The first-order chi connectivity index (χ1) is 7.17. The molecule has 0 aliphatic carbocycles. The normalized spacial score (nSPS) is 30.0. The third kappa shape index (κ3) is 3.18. The summed E-state index contributed by atoms with van der Waals surface area (Å²) in [5.74, 6) is 0. The van der Waals surface area contributed by atoms with Crippen molar-refractivity contribution < 1.29 is 0 Å². The predicted octanol–water partition coefficient (Wildman–Crippen LogP) is 2.25. The molecule has 88 valence electrons. The second kappa shape index (κ2) is 4.84. The summed E-state index contributed by atoms with van der Waals surface area (Å²) in [6.07, 6.45) is 6.92. The third-order valence-electron chi connectivity index (χ3n) is 4.20. The quantitative estimate of drug-likeness (QED) is 0.714. The van der Waals surface area contributed by atoms with Crippen molar-refractivity contribution in [3.05, 3.63) is 0 Å². The lowest BCUT2D eigenvalue weighted by atomic mass is 9.85. The summed E-state index contributed by atoms with van der Waals surface area (Å²) in [7, 11) is 0. The Balaban J connectivity index is 1.87. The van der Waals surface area contributed by atoms with E-state index in [2.05, 4.69) is 24.1 Å². The molecule has 0 atom stereocenters. The van der Waals surface area contributed by atoms with Gasteiger partial charge in [-0.2, -0.15) is 0 Å². The molecule has 0 saturated carbocycles. The Kier molecular flexibility index (Phi) is 3.68. The van der Waals surface area contributed by atoms with Gasteiger partial charge in [0.25, 0.3) is 0 Å². The molecule has 2 heterocycles. The molecule has 2 rings (SSSR count). The highest BCUT2D eigenvalue weighted by molar-refractivity contribution is 4.82. The molecule has 0 radical (unpaired) electrons. The smallest absolute Gasteiger partial charge is 0.0119 e. The number of hydrogen-bond acceptors (Lipinski definition) is 2. The Morgan fingerprint density at radius 1 is 1.07 bits per heavy atom. The fourth-order valence-electron chi connectivity index (χ4n) is 2.98. The molecule has 0 aromatic carbocycles. The van der Waals surface area contributed by atoms with Gasteiger partial charge in [-0.1, -0.05) is 13.8 Å². The van der Waals surface area contributed by atoms with Gasteiger partial charge in [0.2, 0.25) is 0 Å². The molecule has 0 unspecified atom stereocenters. The number of nitrogens with zero attached hydrogens (tertiary/aromatic N) is 1. The van der Waals surface area contributed by atoms with Crippen LogP contribution < -0.4 is 5.32 Å². The van der Waals surface area contributed by atoms with E-state index in [1.165, 1.54) is 58.3 Å². The molecule has 0 aromatic rings. The van der Waals surface area contributed by atoms with Crippen molar-refractivity contribution in [2.75, 3.05) is 26.2 Å². The SMILES string of the molecule is CC1(C)CCCN(C2CCNCC2)CC1. The van der Waals surface area contributed by atoms with Gasteiger partial charge in [-0.25, -0.2) is 0 Å². The Hall–Kier alpha value is -0.0800. The minimum atomic E-state index is 0.585. The summed E-state index contributed by atoms with van der Waals surface area (Å²) < 4.78 is 0. The first-order valence-electron chi connectivity index (χ1n) is 6.62. The van der Waals surface area contributed by atoms with Gasteiger partial charge in [-0.15, -0.1) is 0 Å². The summed E-state index contributed by atoms with van der Waals surface area (Å²) in [5.41, 5.74) is 0.585. The summed E-state index contributed by atoms with van der Waals surface area (Å²) >= 11 is 0. The van der Waals surface area contributed by atoms with Crippen molar-refractivity contribution >= 4 is 0 Å². The van der Waals surface area contributed by atoms with Crippen LogP contribution in [0.5, 0.6) is 0 Å². The Morgan fingerprint density at radius 2 is 1.80 bits per heavy atom. The molecule has 2 heteroatoms. The van der Waals surface area contributed by atoms with Gasteiger partial charge in [-0.3, -0.25) is 0 Å². The minimum absolute atomic E-state index is 0.585. The van der Waals surface area contributed by atoms with Gasteiger partial charge in [-0.05, 0) is 63.7 Å². The zero-order valence-electron chi connectivity index (χ0n) is 10.4. The summed E-state index contributed by atoms with van der Waals surface area (Å²) in [6, 6.07) is 0.875. The van der Waals surface area contributed by atoms with E-state index >= 15 is 0 Å². The zero-order chi connectivity index (χ0) is 10.7. The third-order valence-corrected chi connectivity index (χ3v) is 4.20. The molecule has 2 aliphatic heterocycles. The Labute approximate surface area is 94.4 Å². The van der Waals surface area contributed by atoms with Gasteiger partial charge in [0.05, 0.1) is 0 Å². The van der Waals surface area contributed by atoms with Crippen molar-refractivity contribution in [2.45, 2.75) is 52.0 Å². The van der Waals surface area contributed by atoms with Crippen LogP contribution in [0.2, 0.25) is 0 Å². The van der Waals surface area contributed by atoms with E-state index in [1.54, 1.807) is 0 Å². The average Bonchev–Trinajstić information content (AvgIpc) is 2.41. The van der Waals surface area contributed by atoms with E-state index in [-0.39, 0.29) is 0 Å². The molecule has 0 spiro atoms. The number of hydrogen-bond donors (Lipinski definition) is 1. The molecule has 2 aliphatic rings. The van der Waals surface area contributed by atoms with E-state index in [0.717, 1.165) is 6.04 Å². The monoisotopic (exact) mass is 210 g/mol. The highest BCUT2D eigenvalue weighted by Crippen LogP contribution is 2.31. The number of nitrogens with one attached hydrogen (secondary N) is 1. The molecule has 15 heavy (non-hydrogen) atoms. The molecule has 2 fully saturated rings. The van der Waals surface area contributed by atoms with Crippen LogP contribution in [0, 0.1) is 5.41 Å². The van der Waals surface area contributed by atoms with E-state index in [9.17, 15) is 0 Å². The average molecular weight is 210 g/mol. The molecule has 0 bridgehead atoms. The number of piperidine rings is 1. The second-order valence-electron chi connectivity index (χ2n) is 6.03. The van der Waals surface area contributed by atoms with Gasteiger partial charge in [0, 0.05) is 6.04 Å². The maximum atomic E-state index is 3.46. The van der Waals surface area contributed by atoms with Crippen molar-refractivity contribution in [2.24, 2.45) is 5.41 Å². The Bertz CT molecular complexity index is 195. The first kappa shape index (κ1) is 11.4. The van der Waals surface area contributed by atoms with Crippen molar-refractivity contribution in [1.29, 1.82) is 0 Å². The molecule has 2 saturated heterocycles. The summed E-state index contributed by atoms with van der Waals surface area (Å²) in [6.45, 7) is 9.98. The van der Waals surface area contributed by atoms with E-state index in [4.69, 9.17) is 0 Å². The topological polar surface area (TPSA) is 15.3 Å². The fourth-order valence-corrected chi connectivity index (χ4v) is 2.98. The van der Waals surface area contributed by atoms with Crippen LogP contribution in [0.1, 0.15) is 46.0 Å². The highest BCUT2D eigenvalue weighted by Gasteiger charge is 2.27. The van der Waals surface area contributed by atoms with Gasteiger partial charge >= 0.3 is 0 Å². The van der Waals surface area contributed by atoms with Crippen LogP contribution in [-0.2, 0) is 0 Å². The van der Waals surface area contributed by atoms with Gasteiger partial charge in [0.15, 0.2) is 0 Å². The van der Waals surface area contributed by atoms with Crippen molar-refractivity contribution in [1.82, 2.24) is 10.2 Å². The van der Waals surface area contributed by atoms with Crippen LogP contribution in [0.4, 0.5) is 0 Å². The van der Waals surface area contributed by atoms with Crippen LogP contribution in [0.3, 0.4) is 0 Å². The molecule has 0 amide bonds.